The SMILES string of the molecule is COC(=O)C(CCCC/C=C/[C@H](OC(C)=O)[Si](C)(C)C(C)(C)C)C(=O)OC. The van der Waals surface area contributed by atoms with E-state index in [1.54, 1.807) is 0 Å². The van der Waals surface area contributed by atoms with Crippen LogP contribution in [0.2, 0.25) is 18.1 Å². The van der Waals surface area contributed by atoms with Gasteiger partial charge in [-0.25, -0.2) is 0 Å². The molecule has 0 amide bonds. The average molecular weight is 401 g/mol. The molecule has 0 aliphatic heterocycles. The molecule has 0 bridgehead atoms. The van der Waals surface area contributed by atoms with Gasteiger partial charge in [0, 0.05) is 6.92 Å². The third kappa shape index (κ3) is 8.28. The minimum absolute atomic E-state index is 0.0890. The first kappa shape index (κ1) is 25.4. The molecule has 0 saturated carbocycles. The van der Waals surface area contributed by atoms with Gasteiger partial charge in [-0.2, -0.15) is 0 Å². The van der Waals surface area contributed by atoms with Crippen molar-refractivity contribution in [1.29, 1.82) is 0 Å². The molecule has 0 saturated heterocycles. The van der Waals surface area contributed by atoms with E-state index in [0.29, 0.717) is 12.8 Å². The van der Waals surface area contributed by atoms with Gasteiger partial charge in [0.2, 0.25) is 0 Å². The van der Waals surface area contributed by atoms with Crippen LogP contribution in [-0.2, 0) is 28.6 Å². The lowest BCUT2D eigenvalue weighted by molar-refractivity contribution is -0.159. The van der Waals surface area contributed by atoms with E-state index in [-0.39, 0.29) is 16.7 Å². The Labute approximate surface area is 164 Å². The summed E-state index contributed by atoms with van der Waals surface area (Å²) in [5.41, 5.74) is -0.187. The van der Waals surface area contributed by atoms with E-state index in [2.05, 4.69) is 43.3 Å². The maximum Gasteiger partial charge on any atom is 0.320 e. The molecule has 6 nitrogen and oxygen atoms in total. The molecular formula is C20H36O6Si. The minimum atomic E-state index is -1.88. The summed E-state index contributed by atoms with van der Waals surface area (Å²) in [5, 5.41) is 0.0890. The number of carbonyl (C=O) groups excluding carboxylic acids is 3. The van der Waals surface area contributed by atoms with Crippen molar-refractivity contribution in [3.8, 4) is 0 Å². The molecule has 0 aliphatic rings. The number of unbranched alkanes of at least 4 members (excludes halogenated alkanes) is 2. The number of esters is 3. The second kappa shape index (κ2) is 11.3. The Balaban J connectivity index is 4.73. The Bertz CT molecular complexity index is 517. The zero-order chi connectivity index (χ0) is 21.3. The van der Waals surface area contributed by atoms with Crippen molar-refractivity contribution in [2.45, 2.75) is 77.2 Å². The lowest BCUT2D eigenvalue weighted by Gasteiger charge is -2.41. The zero-order valence-corrected chi connectivity index (χ0v) is 19.1. The number of methoxy groups -OCH3 is 2. The lowest BCUT2D eigenvalue weighted by Crippen LogP contribution is -2.50. The van der Waals surface area contributed by atoms with E-state index in [1.165, 1.54) is 21.1 Å². The zero-order valence-electron chi connectivity index (χ0n) is 18.1. The van der Waals surface area contributed by atoms with Crippen LogP contribution >= 0.6 is 0 Å². The highest BCUT2D eigenvalue weighted by molar-refractivity contribution is 6.81. The molecule has 0 aromatic carbocycles. The molecule has 156 valence electrons. The van der Waals surface area contributed by atoms with Crippen LogP contribution in [0.5, 0.6) is 0 Å². The standard InChI is InChI=1S/C20H36O6Si/c1-15(21)26-17(27(7,8)20(2,3)4)14-12-10-9-11-13-16(18(22)24-5)19(23)25-6/h12,14,16-17H,9-11,13H2,1-8H3/b14-12+/t17-/m1/s1. The number of hydrogen-bond acceptors (Lipinski definition) is 6. The van der Waals surface area contributed by atoms with E-state index in [9.17, 15) is 14.4 Å². The van der Waals surface area contributed by atoms with E-state index in [0.717, 1.165) is 12.8 Å². The number of carbonyl (C=O) groups is 3. The summed E-state index contributed by atoms with van der Waals surface area (Å²) in [6.45, 7) is 12.4. The summed E-state index contributed by atoms with van der Waals surface area (Å²) < 4.78 is 14.9. The van der Waals surface area contributed by atoms with Crippen LogP contribution in [0.15, 0.2) is 12.2 Å². The molecule has 0 radical (unpaired) electrons. The molecule has 0 aromatic rings. The average Bonchev–Trinajstić information content (AvgIpc) is 2.57. The summed E-state index contributed by atoms with van der Waals surface area (Å²) >= 11 is 0. The molecule has 0 aromatic heterocycles. The van der Waals surface area contributed by atoms with Crippen molar-refractivity contribution in [2.24, 2.45) is 5.92 Å². The second-order valence-electron chi connectivity index (χ2n) is 8.31. The molecule has 0 spiro atoms. The largest absolute Gasteiger partial charge is 0.468 e. The van der Waals surface area contributed by atoms with E-state index < -0.39 is 25.9 Å². The first-order valence-corrected chi connectivity index (χ1v) is 12.5. The molecular weight excluding hydrogens is 364 g/mol. The molecule has 7 heteroatoms. The quantitative estimate of drug-likeness (QED) is 0.137. The molecule has 0 rings (SSSR count). The molecule has 27 heavy (non-hydrogen) atoms. The van der Waals surface area contributed by atoms with Crippen LogP contribution < -0.4 is 0 Å². The summed E-state index contributed by atoms with van der Waals surface area (Å²) in [6.07, 6.45) is 6.70. The lowest BCUT2D eigenvalue weighted by atomic mass is 10.0. The van der Waals surface area contributed by atoms with E-state index in [1.807, 2.05) is 12.2 Å². The fourth-order valence-corrected chi connectivity index (χ4v) is 4.41. The van der Waals surface area contributed by atoms with Gasteiger partial charge in [0.1, 0.15) is 13.8 Å². The van der Waals surface area contributed by atoms with Crippen LogP contribution in [-0.4, -0.2) is 45.9 Å². The van der Waals surface area contributed by atoms with Crippen molar-refractivity contribution in [3.05, 3.63) is 12.2 Å². The maximum atomic E-state index is 11.6. The molecule has 0 heterocycles. The normalized spacial score (nSPS) is 13.5. The van der Waals surface area contributed by atoms with Gasteiger partial charge < -0.3 is 14.2 Å². The third-order valence-electron chi connectivity index (χ3n) is 5.33. The van der Waals surface area contributed by atoms with Crippen LogP contribution in [0.4, 0.5) is 0 Å². The van der Waals surface area contributed by atoms with Gasteiger partial charge >= 0.3 is 17.9 Å². The van der Waals surface area contributed by atoms with E-state index in [4.69, 9.17) is 4.74 Å². The Morgan fingerprint density at radius 1 is 1.00 bits per heavy atom. The topological polar surface area (TPSA) is 78.9 Å². The van der Waals surface area contributed by atoms with Gasteiger partial charge in [0.25, 0.3) is 0 Å². The summed E-state index contributed by atoms with van der Waals surface area (Å²) in [5.74, 6) is -2.27. The highest BCUT2D eigenvalue weighted by Crippen LogP contribution is 2.39. The van der Waals surface area contributed by atoms with Gasteiger partial charge in [0.05, 0.1) is 14.2 Å². The van der Waals surface area contributed by atoms with Gasteiger partial charge in [-0.05, 0) is 24.3 Å². The highest BCUT2D eigenvalue weighted by Gasteiger charge is 2.43. The predicted octanol–water partition coefficient (Wildman–Crippen LogP) is 4.04. The van der Waals surface area contributed by atoms with Gasteiger partial charge in [-0.1, -0.05) is 52.4 Å². The minimum Gasteiger partial charge on any atom is -0.468 e. The Morgan fingerprint density at radius 2 is 1.52 bits per heavy atom. The van der Waals surface area contributed by atoms with Crippen LogP contribution in [0.1, 0.15) is 53.4 Å². The number of ether oxygens (including phenoxy) is 3. The first-order chi connectivity index (χ1) is 12.4. The van der Waals surface area contributed by atoms with Crippen molar-refractivity contribution < 1.29 is 28.6 Å². The number of allylic oxidation sites excluding steroid dienone is 1. The van der Waals surface area contributed by atoms with Crippen molar-refractivity contribution in [1.82, 2.24) is 0 Å². The monoisotopic (exact) mass is 400 g/mol. The Morgan fingerprint density at radius 3 is 1.93 bits per heavy atom. The maximum absolute atomic E-state index is 11.6. The molecule has 0 N–H and O–H groups in total. The number of hydrogen-bond donors (Lipinski definition) is 0. The third-order valence-corrected chi connectivity index (χ3v) is 10.9. The van der Waals surface area contributed by atoms with Crippen LogP contribution in [0.3, 0.4) is 0 Å². The van der Waals surface area contributed by atoms with Gasteiger partial charge in [-0.15, -0.1) is 0 Å². The molecule has 0 fully saturated rings. The highest BCUT2D eigenvalue weighted by atomic mass is 28.3. The smallest absolute Gasteiger partial charge is 0.320 e. The summed E-state index contributed by atoms with van der Waals surface area (Å²) in [7, 11) is 0.646. The van der Waals surface area contributed by atoms with E-state index >= 15 is 0 Å². The fraction of sp³-hybridized carbons (Fsp3) is 0.750. The molecule has 0 unspecified atom stereocenters. The first-order valence-electron chi connectivity index (χ1n) is 9.38. The fourth-order valence-electron chi connectivity index (χ4n) is 2.48. The molecule has 0 aliphatic carbocycles. The van der Waals surface area contributed by atoms with Crippen molar-refractivity contribution >= 4 is 26.0 Å². The second-order valence-corrected chi connectivity index (χ2v) is 13.8. The predicted molar refractivity (Wildman–Crippen MR) is 108 cm³/mol. The summed E-state index contributed by atoms with van der Waals surface area (Å²) in [4.78, 5) is 34.8. The Hall–Kier alpha value is -1.63. The number of rotatable bonds is 10. The summed E-state index contributed by atoms with van der Waals surface area (Å²) in [6, 6.07) is 0. The molecule has 1 atom stereocenters. The van der Waals surface area contributed by atoms with Crippen LogP contribution in [0.25, 0.3) is 0 Å². The van der Waals surface area contributed by atoms with Crippen molar-refractivity contribution in [3.63, 3.8) is 0 Å². The Kier molecular flexibility index (Phi) is 10.6. The van der Waals surface area contributed by atoms with Crippen molar-refractivity contribution in [2.75, 3.05) is 14.2 Å². The van der Waals surface area contributed by atoms with Crippen LogP contribution in [0, 0.1) is 5.92 Å². The van der Waals surface area contributed by atoms with Gasteiger partial charge in [0.15, 0.2) is 5.92 Å². The van der Waals surface area contributed by atoms with Gasteiger partial charge in [-0.3, -0.25) is 14.4 Å².